The van der Waals surface area contributed by atoms with E-state index in [1.54, 1.807) is 6.07 Å². The van der Waals surface area contributed by atoms with E-state index in [9.17, 15) is 9.59 Å². The highest BCUT2D eigenvalue weighted by Crippen LogP contribution is 2.80. The molecule has 6 nitrogen and oxygen atoms in total. The van der Waals surface area contributed by atoms with Crippen LogP contribution in [-0.2, 0) is 4.79 Å². The van der Waals surface area contributed by atoms with Crippen LogP contribution in [-0.4, -0.2) is 45.3 Å². The van der Waals surface area contributed by atoms with Gasteiger partial charge < -0.3 is 10.2 Å². The lowest BCUT2D eigenvalue weighted by atomic mass is 9.29. The zero-order valence-corrected chi connectivity index (χ0v) is 17.3. The van der Waals surface area contributed by atoms with Gasteiger partial charge in [-0.05, 0) is 61.8 Å². The van der Waals surface area contributed by atoms with Crippen LogP contribution in [0.4, 0.5) is 0 Å². The van der Waals surface area contributed by atoms with E-state index < -0.39 is 0 Å². The number of hydrogen-bond acceptors (Lipinski definition) is 4. The van der Waals surface area contributed by atoms with Crippen LogP contribution in [0.1, 0.15) is 69.1 Å². The zero-order chi connectivity index (χ0) is 19.9. The van der Waals surface area contributed by atoms with E-state index in [4.69, 9.17) is 0 Å². The van der Waals surface area contributed by atoms with Crippen LogP contribution in [0.2, 0.25) is 0 Å². The molecule has 6 aliphatic rings. The third kappa shape index (κ3) is 2.26. The fourth-order valence-electron chi connectivity index (χ4n) is 6.36. The first-order valence-electron chi connectivity index (χ1n) is 10.5. The number of fused-ring (bicyclic) bond motifs is 1. The lowest BCUT2D eigenvalue weighted by Crippen LogP contribution is -2.73. The second-order valence-electron chi connectivity index (χ2n) is 11.0. The van der Waals surface area contributed by atoms with Crippen LogP contribution in [0.15, 0.2) is 12.4 Å². The molecule has 4 saturated carbocycles. The van der Waals surface area contributed by atoms with Crippen molar-refractivity contribution in [1.29, 1.82) is 0 Å². The summed E-state index contributed by atoms with van der Waals surface area (Å²) < 4.78 is 0. The van der Waals surface area contributed by atoms with E-state index in [1.165, 1.54) is 6.33 Å². The van der Waals surface area contributed by atoms with Crippen molar-refractivity contribution in [2.24, 2.45) is 22.2 Å². The third-order valence-corrected chi connectivity index (χ3v) is 8.29. The summed E-state index contributed by atoms with van der Waals surface area (Å²) in [5, 5.41) is 3.04. The van der Waals surface area contributed by atoms with Gasteiger partial charge in [-0.3, -0.25) is 9.59 Å². The van der Waals surface area contributed by atoms with Gasteiger partial charge in [-0.1, -0.05) is 20.8 Å². The van der Waals surface area contributed by atoms with Gasteiger partial charge >= 0.3 is 0 Å². The van der Waals surface area contributed by atoms with Crippen molar-refractivity contribution in [2.45, 2.75) is 65.3 Å². The summed E-state index contributed by atoms with van der Waals surface area (Å²) in [6.45, 7) is 10.2. The summed E-state index contributed by atoms with van der Waals surface area (Å²) in [7, 11) is 0. The SMILES string of the molecule is Cc1cc(C(=O)NCC23CC(CN2C(=O)C24CC(C(C)(C)C)(C2)C4)C3)ncn1. The molecule has 6 heteroatoms. The standard InChI is InChI=1S/C22H30N4O2/c1-14-5-16(25-13-24-14)17(27)23-12-22-6-15(7-22)8-26(22)18(28)20-9-21(10-20,11-20)19(2,3)4/h5,13,15H,6-12H2,1-4H3,(H,23,27). The second-order valence-corrected chi connectivity index (χ2v) is 11.0. The first kappa shape index (κ1) is 18.1. The highest BCUT2D eigenvalue weighted by molar-refractivity contribution is 5.92. The lowest BCUT2D eigenvalue weighted by Gasteiger charge is -2.75. The Kier molecular flexibility index (Phi) is 3.44. The van der Waals surface area contributed by atoms with Gasteiger partial charge in [0.2, 0.25) is 5.91 Å². The lowest BCUT2D eigenvalue weighted by molar-refractivity contribution is -0.256. The van der Waals surface area contributed by atoms with Crippen molar-refractivity contribution in [1.82, 2.24) is 20.2 Å². The van der Waals surface area contributed by atoms with Gasteiger partial charge in [0.25, 0.3) is 5.91 Å². The van der Waals surface area contributed by atoms with Crippen molar-refractivity contribution in [3.63, 3.8) is 0 Å². The summed E-state index contributed by atoms with van der Waals surface area (Å²) in [6.07, 6.45) is 6.59. The van der Waals surface area contributed by atoms with Crippen LogP contribution in [0.25, 0.3) is 0 Å². The van der Waals surface area contributed by atoms with Crippen molar-refractivity contribution >= 4 is 11.8 Å². The predicted octanol–water partition coefficient (Wildman–Crippen LogP) is 2.72. The van der Waals surface area contributed by atoms with Gasteiger partial charge in [0, 0.05) is 18.8 Å². The van der Waals surface area contributed by atoms with Crippen LogP contribution in [0.5, 0.6) is 0 Å². The number of rotatable bonds is 4. The monoisotopic (exact) mass is 382 g/mol. The largest absolute Gasteiger partial charge is 0.348 e. The number of carbonyl (C=O) groups excluding carboxylic acids is 2. The van der Waals surface area contributed by atoms with Crippen LogP contribution >= 0.6 is 0 Å². The van der Waals surface area contributed by atoms with E-state index in [2.05, 4.69) is 41.0 Å². The van der Waals surface area contributed by atoms with Gasteiger partial charge in [-0.15, -0.1) is 0 Å². The first-order valence-corrected chi connectivity index (χ1v) is 10.5. The smallest absolute Gasteiger partial charge is 0.270 e. The Morgan fingerprint density at radius 3 is 2.50 bits per heavy atom. The molecule has 0 radical (unpaired) electrons. The molecule has 1 aromatic heterocycles. The molecule has 3 heterocycles. The maximum atomic E-state index is 13.5. The molecule has 6 fully saturated rings. The number of carbonyl (C=O) groups is 2. The predicted molar refractivity (Wildman–Crippen MR) is 104 cm³/mol. The Bertz CT molecular complexity index is 846. The molecular formula is C22H30N4O2. The summed E-state index contributed by atoms with van der Waals surface area (Å²) in [5.41, 5.74) is 1.54. The molecule has 7 rings (SSSR count). The van der Waals surface area contributed by atoms with Crippen LogP contribution in [0, 0.1) is 29.1 Å². The molecule has 2 saturated heterocycles. The average Bonchev–Trinajstić information content (AvgIpc) is 3.03. The molecule has 0 atom stereocenters. The molecular weight excluding hydrogens is 352 g/mol. The first-order chi connectivity index (χ1) is 13.1. The number of aromatic nitrogens is 2. The summed E-state index contributed by atoms with van der Waals surface area (Å²) in [6, 6.07) is 1.70. The fourth-order valence-corrected chi connectivity index (χ4v) is 6.36. The zero-order valence-electron chi connectivity index (χ0n) is 17.3. The van der Waals surface area contributed by atoms with Crippen LogP contribution < -0.4 is 5.32 Å². The maximum absolute atomic E-state index is 13.5. The third-order valence-electron chi connectivity index (χ3n) is 8.29. The minimum absolute atomic E-state index is 0.106. The van der Waals surface area contributed by atoms with Crippen molar-refractivity contribution in [3.05, 3.63) is 23.8 Å². The Labute approximate surface area is 166 Å². The van der Waals surface area contributed by atoms with Gasteiger partial charge in [0.05, 0.1) is 11.0 Å². The number of amides is 2. The summed E-state index contributed by atoms with van der Waals surface area (Å²) >= 11 is 0. The highest BCUT2D eigenvalue weighted by Gasteiger charge is 2.76. The van der Waals surface area contributed by atoms with Crippen molar-refractivity contribution in [3.8, 4) is 0 Å². The van der Waals surface area contributed by atoms with E-state index in [-0.39, 0.29) is 22.3 Å². The molecule has 2 amide bonds. The van der Waals surface area contributed by atoms with Gasteiger partial charge in [0.15, 0.2) is 0 Å². The van der Waals surface area contributed by atoms with Gasteiger partial charge in [-0.2, -0.15) is 0 Å². The molecule has 28 heavy (non-hydrogen) atoms. The Balaban J connectivity index is 1.25. The normalized spacial score (nSPS) is 37.6. The van der Waals surface area contributed by atoms with E-state index in [0.29, 0.717) is 29.5 Å². The molecule has 2 aliphatic heterocycles. The molecule has 4 aliphatic carbocycles. The number of nitrogens with one attached hydrogen (secondary N) is 1. The fraction of sp³-hybridized carbons (Fsp3) is 0.727. The molecule has 0 spiro atoms. The Hall–Kier alpha value is -1.98. The van der Waals surface area contributed by atoms with Gasteiger partial charge in [0.1, 0.15) is 12.0 Å². The topological polar surface area (TPSA) is 75.2 Å². The van der Waals surface area contributed by atoms with E-state index in [0.717, 1.165) is 44.3 Å². The molecule has 0 aromatic carbocycles. The number of aryl methyl sites for hydroxylation is 1. The quantitative estimate of drug-likeness (QED) is 0.869. The molecule has 0 unspecified atom stereocenters. The average molecular weight is 383 g/mol. The number of nitrogens with zero attached hydrogens (tertiary/aromatic N) is 3. The van der Waals surface area contributed by atoms with Crippen molar-refractivity contribution in [2.75, 3.05) is 13.1 Å². The Morgan fingerprint density at radius 2 is 1.89 bits per heavy atom. The maximum Gasteiger partial charge on any atom is 0.270 e. The second kappa shape index (κ2) is 5.33. The Morgan fingerprint density at radius 1 is 1.21 bits per heavy atom. The molecule has 150 valence electrons. The number of hydrogen-bond donors (Lipinski definition) is 1. The van der Waals surface area contributed by atoms with Crippen LogP contribution in [0.3, 0.4) is 0 Å². The minimum Gasteiger partial charge on any atom is -0.348 e. The van der Waals surface area contributed by atoms with Gasteiger partial charge in [-0.25, -0.2) is 9.97 Å². The molecule has 1 N–H and O–H groups in total. The van der Waals surface area contributed by atoms with Crippen molar-refractivity contribution < 1.29 is 9.59 Å². The summed E-state index contributed by atoms with van der Waals surface area (Å²) in [4.78, 5) is 36.2. The molecule has 4 bridgehead atoms. The minimum atomic E-state index is -0.181. The highest BCUT2D eigenvalue weighted by atomic mass is 16.2. The summed E-state index contributed by atoms with van der Waals surface area (Å²) in [5.74, 6) is 0.775. The van der Waals surface area contributed by atoms with E-state index >= 15 is 0 Å². The van der Waals surface area contributed by atoms with E-state index in [1.807, 2.05) is 6.92 Å². The molecule has 1 aromatic rings.